The van der Waals surface area contributed by atoms with Crippen molar-refractivity contribution in [3.8, 4) is 17.1 Å². The molecule has 0 saturated carbocycles. The highest BCUT2D eigenvalue weighted by Gasteiger charge is 2.08. The third-order valence-electron chi connectivity index (χ3n) is 1.97. The van der Waals surface area contributed by atoms with Crippen molar-refractivity contribution in [3.63, 3.8) is 0 Å². The summed E-state index contributed by atoms with van der Waals surface area (Å²) >= 11 is 0. The molecule has 0 unspecified atom stereocenters. The smallest absolute Gasteiger partial charge is 0.220 e. The minimum Gasteiger partial charge on any atom is -0.504 e. The summed E-state index contributed by atoms with van der Waals surface area (Å²) in [6.45, 7) is 0. The van der Waals surface area contributed by atoms with E-state index >= 15 is 0 Å². The third kappa shape index (κ3) is 1.88. The van der Waals surface area contributed by atoms with Crippen LogP contribution < -0.4 is 5.43 Å². The second-order valence-corrected chi connectivity index (χ2v) is 3.07. The molecule has 16 heavy (non-hydrogen) atoms. The van der Waals surface area contributed by atoms with Gasteiger partial charge in [0.25, 0.3) is 0 Å². The van der Waals surface area contributed by atoms with Gasteiger partial charge in [-0.2, -0.15) is 0 Å². The van der Waals surface area contributed by atoms with E-state index in [4.69, 9.17) is 0 Å². The largest absolute Gasteiger partial charge is 0.504 e. The van der Waals surface area contributed by atoms with Crippen LogP contribution in [0.1, 0.15) is 0 Å². The molecule has 2 aromatic rings. The minimum atomic E-state index is -0.578. The number of halogens is 1. The summed E-state index contributed by atoms with van der Waals surface area (Å²) in [6.07, 6.45) is 1.94. The molecule has 0 aliphatic rings. The highest BCUT2D eigenvalue weighted by Crippen LogP contribution is 2.20. The van der Waals surface area contributed by atoms with Crippen LogP contribution in [0.25, 0.3) is 11.4 Å². The zero-order valence-corrected chi connectivity index (χ0v) is 8.09. The third-order valence-corrected chi connectivity index (χ3v) is 1.97. The van der Waals surface area contributed by atoms with E-state index < -0.39 is 17.0 Å². The fourth-order valence-corrected chi connectivity index (χ4v) is 1.22. The Morgan fingerprint density at radius 2 is 1.75 bits per heavy atom. The van der Waals surface area contributed by atoms with Crippen molar-refractivity contribution in [3.05, 3.63) is 52.7 Å². The molecule has 1 heterocycles. The van der Waals surface area contributed by atoms with Crippen molar-refractivity contribution in [1.29, 1.82) is 0 Å². The molecule has 1 aromatic carbocycles. The van der Waals surface area contributed by atoms with Gasteiger partial charge in [-0.15, -0.1) is 0 Å². The first kappa shape index (κ1) is 10.2. The van der Waals surface area contributed by atoms with Crippen LogP contribution in [-0.2, 0) is 0 Å². The Morgan fingerprint density at radius 1 is 1.12 bits per heavy atom. The van der Waals surface area contributed by atoms with E-state index in [0.29, 0.717) is 0 Å². The van der Waals surface area contributed by atoms with Gasteiger partial charge in [-0.3, -0.25) is 4.79 Å². The maximum Gasteiger partial charge on any atom is 0.220 e. The predicted octanol–water partition coefficient (Wildman–Crippen LogP) is 1.35. The molecule has 0 saturated heterocycles. The molecular formula is C11H7FN2O2. The summed E-state index contributed by atoms with van der Waals surface area (Å²) in [5.74, 6) is -0.922. The van der Waals surface area contributed by atoms with Gasteiger partial charge in [0, 0.05) is 0 Å². The monoisotopic (exact) mass is 218 g/mol. The second-order valence-electron chi connectivity index (χ2n) is 3.07. The maximum atomic E-state index is 12.6. The van der Waals surface area contributed by atoms with Crippen molar-refractivity contribution in [2.75, 3.05) is 0 Å². The van der Waals surface area contributed by atoms with Crippen LogP contribution in [-0.4, -0.2) is 15.1 Å². The van der Waals surface area contributed by atoms with Gasteiger partial charge >= 0.3 is 0 Å². The van der Waals surface area contributed by atoms with Crippen molar-refractivity contribution in [2.45, 2.75) is 0 Å². The lowest BCUT2D eigenvalue weighted by Crippen LogP contribution is -1.97. The molecule has 0 amide bonds. The molecule has 1 N–H and O–H groups in total. The molecule has 5 heteroatoms. The number of hydrogen-bond acceptors (Lipinski definition) is 4. The van der Waals surface area contributed by atoms with Gasteiger partial charge in [0.1, 0.15) is 0 Å². The quantitative estimate of drug-likeness (QED) is 0.784. The first-order chi connectivity index (χ1) is 7.68. The van der Waals surface area contributed by atoms with Crippen molar-refractivity contribution in [1.82, 2.24) is 9.97 Å². The van der Waals surface area contributed by atoms with Crippen molar-refractivity contribution in [2.24, 2.45) is 0 Å². The van der Waals surface area contributed by atoms with Crippen LogP contribution in [0.3, 0.4) is 0 Å². The Balaban J connectivity index is 2.66. The molecule has 1 aromatic heterocycles. The standard InChI is InChI=1S/C11H7FN2O2/c12-7-5-13-11(14-6-7)8-3-1-2-4-9(15)10(8)16/h1-6H,(H,15,16). The van der Waals surface area contributed by atoms with Crippen LogP contribution in [0.2, 0.25) is 0 Å². The first-order valence-electron chi connectivity index (χ1n) is 4.49. The van der Waals surface area contributed by atoms with Crippen molar-refractivity contribution < 1.29 is 9.50 Å². The van der Waals surface area contributed by atoms with Gasteiger partial charge < -0.3 is 5.11 Å². The number of aromatic hydroxyl groups is 1. The van der Waals surface area contributed by atoms with Gasteiger partial charge in [0.2, 0.25) is 5.43 Å². The number of rotatable bonds is 1. The molecule has 80 valence electrons. The summed E-state index contributed by atoms with van der Waals surface area (Å²) in [5.41, 5.74) is -0.358. The molecule has 0 bridgehead atoms. The predicted molar refractivity (Wildman–Crippen MR) is 55.4 cm³/mol. The van der Waals surface area contributed by atoms with Crippen LogP contribution in [0, 0.1) is 5.82 Å². The molecular weight excluding hydrogens is 211 g/mol. The summed E-state index contributed by atoms with van der Waals surface area (Å²) < 4.78 is 12.6. The van der Waals surface area contributed by atoms with Gasteiger partial charge in [-0.1, -0.05) is 12.1 Å². The zero-order chi connectivity index (χ0) is 11.5. The molecule has 0 spiro atoms. The van der Waals surface area contributed by atoms with Gasteiger partial charge in [0.05, 0.1) is 18.0 Å². The van der Waals surface area contributed by atoms with E-state index in [1.54, 1.807) is 6.07 Å². The first-order valence-corrected chi connectivity index (χ1v) is 4.49. The van der Waals surface area contributed by atoms with E-state index in [2.05, 4.69) is 9.97 Å². The fraction of sp³-hybridized carbons (Fsp3) is 0. The molecule has 2 rings (SSSR count). The lowest BCUT2D eigenvalue weighted by Gasteiger charge is -1.98. The van der Waals surface area contributed by atoms with Crippen LogP contribution in [0.15, 0.2) is 41.5 Å². The normalized spacial score (nSPS) is 10.1. The lowest BCUT2D eigenvalue weighted by atomic mass is 10.2. The highest BCUT2D eigenvalue weighted by atomic mass is 19.1. The molecule has 0 radical (unpaired) electrons. The Bertz CT molecular complexity index is 570. The van der Waals surface area contributed by atoms with Crippen LogP contribution >= 0.6 is 0 Å². The Morgan fingerprint density at radius 3 is 2.44 bits per heavy atom. The topological polar surface area (TPSA) is 63.1 Å². The number of nitrogens with zero attached hydrogens (tertiary/aromatic N) is 2. The molecule has 0 atom stereocenters. The second kappa shape index (κ2) is 4.06. The lowest BCUT2D eigenvalue weighted by molar-refractivity contribution is 0.472. The van der Waals surface area contributed by atoms with E-state index in [9.17, 15) is 14.3 Å². The van der Waals surface area contributed by atoms with Gasteiger partial charge in [-0.05, 0) is 12.1 Å². The average Bonchev–Trinajstić information content (AvgIpc) is 2.44. The number of hydrogen-bond donors (Lipinski definition) is 1. The van der Waals surface area contributed by atoms with Crippen LogP contribution in [0.5, 0.6) is 5.75 Å². The Kier molecular flexibility index (Phi) is 2.59. The van der Waals surface area contributed by atoms with Gasteiger partial charge in [-0.25, -0.2) is 14.4 Å². The Labute approximate surface area is 90.1 Å². The highest BCUT2D eigenvalue weighted by molar-refractivity contribution is 5.62. The maximum absolute atomic E-state index is 12.6. The minimum absolute atomic E-state index is 0.104. The molecule has 0 fully saturated rings. The summed E-state index contributed by atoms with van der Waals surface area (Å²) in [5, 5.41) is 9.59. The van der Waals surface area contributed by atoms with Crippen molar-refractivity contribution >= 4 is 0 Å². The average molecular weight is 218 g/mol. The van der Waals surface area contributed by atoms with E-state index in [1.165, 1.54) is 18.2 Å². The number of aromatic nitrogens is 2. The summed E-state index contributed by atoms with van der Waals surface area (Å²) in [7, 11) is 0. The van der Waals surface area contributed by atoms with Gasteiger partial charge in [0.15, 0.2) is 17.4 Å². The van der Waals surface area contributed by atoms with E-state index in [1.807, 2.05) is 0 Å². The van der Waals surface area contributed by atoms with E-state index in [0.717, 1.165) is 12.4 Å². The van der Waals surface area contributed by atoms with E-state index in [-0.39, 0.29) is 11.4 Å². The summed E-state index contributed by atoms with van der Waals surface area (Å²) in [6, 6.07) is 5.78. The fourth-order valence-electron chi connectivity index (χ4n) is 1.22. The zero-order valence-electron chi connectivity index (χ0n) is 8.09. The molecule has 4 nitrogen and oxygen atoms in total. The SMILES string of the molecule is O=c1ccccc(-c2ncc(F)cn2)c1O. The Hall–Kier alpha value is -2.30. The molecule has 0 aliphatic carbocycles. The summed E-state index contributed by atoms with van der Waals surface area (Å²) in [4.78, 5) is 18.7. The van der Waals surface area contributed by atoms with Crippen LogP contribution in [0.4, 0.5) is 4.39 Å². The molecule has 0 aliphatic heterocycles.